The number of hydrogen-bond donors (Lipinski definition) is 3. The first kappa shape index (κ1) is 35.4. The van der Waals surface area contributed by atoms with Gasteiger partial charge in [-0.05, 0) is 46.5 Å². The Morgan fingerprint density at radius 3 is 2.49 bits per heavy atom. The maximum Gasteiger partial charge on any atom is 0.328 e. The van der Waals surface area contributed by atoms with Crippen LogP contribution in [0, 0.1) is 13.5 Å². The molecule has 0 aliphatic carbocycles. The van der Waals surface area contributed by atoms with E-state index in [1.165, 1.54) is 29.6 Å². The van der Waals surface area contributed by atoms with Crippen LogP contribution in [-0.2, 0) is 23.1 Å². The minimum Gasteiger partial charge on any atom is -0.388 e. The highest BCUT2D eigenvalue weighted by molar-refractivity contribution is 7.66. The summed E-state index contributed by atoms with van der Waals surface area (Å²) < 4.78 is 54.0. The van der Waals surface area contributed by atoms with Gasteiger partial charge in [0.05, 0.1) is 19.3 Å². The van der Waals surface area contributed by atoms with E-state index in [2.05, 4.69) is 9.83 Å². The maximum atomic E-state index is 13.4. The molecule has 2 heterocycles. The molecule has 1 aliphatic rings. The van der Waals surface area contributed by atoms with E-state index in [1.54, 1.807) is 0 Å². The predicted molar refractivity (Wildman–Crippen MR) is 153 cm³/mol. The first-order valence-corrected chi connectivity index (χ1v) is 16.5. The highest BCUT2D eigenvalue weighted by Crippen LogP contribution is 2.50. The van der Waals surface area contributed by atoms with Gasteiger partial charge in [0.15, 0.2) is 7.14 Å². The summed E-state index contributed by atoms with van der Waals surface area (Å²) in [4.78, 5) is 30.5. The number of alkyl halides is 1. The van der Waals surface area contributed by atoms with Gasteiger partial charge >= 0.3 is 5.69 Å². The van der Waals surface area contributed by atoms with Gasteiger partial charge in [0, 0.05) is 23.8 Å². The first-order valence-electron chi connectivity index (χ1n) is 13.2. The van der Waals surface area contributed by atoms with Crippen molar-refractivity contribution in [2.24, 2.45) is 0 Å². The molecule has 0 amide bonds. The number of nitrogens with one attached hydrogen (secondary N) is 1. The standard InChI is InChI=1S/C25H41FN4O9P2/c1-17(2)30(18(3)4)40(38-11-9-27-6)39-23-21(7-12-41(35,15-31)16-32)37-14-20(22(23)36-10-8-26)29-13-19(5)24(33)28-25(29)34/h7,12-13,17-18,20-23,31-32H,8-11,14-16H2,1-5H3,(H,28,33,34)/b12-7+/t20-,21?,22+,23-,40?/m1/s1. The largest absolute Gasteiger partial charge is 0.388 e. The topological polar surface area (TPSA) is 157 Å². The van der Waals surface area contributed by atoms with Crippen LogP contribution in [-0.4, -0.2) is 101 Å². The van der Waals surface area contributed by atoms with E-state index in [4.69, 9.17) is 25.1 Å². The molecule has 0 bridgehead atoms. The fourth-order valence-electron chi connectivity index (χ4n) is 4.32. The molecule has 1 fully saturated rings. The van der Waals surface area contributed by atoms with Gasteiger partial charge in [-0.2, -0.15) is 0 Å². The van der Waals surface area contributed by atoms with Crippen LogP contribution in [0.3, 0.4) is 0 Å². The van der Waals surface area contributed by atoms with Gasteiger partial charge < -0.3 is 38.1 Å². The van der Waals surface area contributed by atoms with Crippen LogP contribution in [0.5, 0.6) is 0 Å². The molecule has 1 aliphatic heterocycles. The van der Waals surface area contributed by atoms with Crippen molar-refractivity contribution < 1.29 is 37.7 Å². The smallest absolute Gasteiger partial charge is 0.328 e. The Labute approximate surface area is 240 Å². The maximum absolute atomic E-state index is 13.4. The quantitative estimate of drug-likeness (QED) is 0.142. The third kappa shape index (κ3) is 9.61. The van der Waals surface area contributed by atoms with Gasteiger partial charge in [-0.25, -0.2) is 20.4 Å². The molecule has 3 N–H and O–H groups in total. The lowest BCUT2D eigenvalue weighted by atomic mass is 9.97. The highest BCUT2D eigenvalue weighted by Gasteiger charge is 2.46. The van der Waals surface area contributed by atoms with E-state index in [-0.39, 0.29) is 44.0 Å². The highest BCUT2D eigenvalue weighted by atomic mass is 31.2. The van der Waals surface area contributed by atoms with Crippen molar-refractivity contribution in [2.75, 3.05) is 45.7 Å². The van der Waals surface area contributed by atoms with Crippen LogP contribution in [0.15, 0.2) is 27.7 Å². The number of aromatic nitrogens is 2. The van der Waals surface area contributed by atoms with Gasteiger partial charge in [0.25, 0.3) is 14.1 Å². The summed E-state index contributed by atoms with van der Waals surface area (Å²) >= 11 is 0. The van der Waals surface area contributed by atoms with E-state index in [0.717, 1.165) is 0 Å². The normalized spacial score (nSPS) is 22.6. The molecule has 5 atom stereocenters. The van der Waals surface area contributed by atoms with Crippen LogP contribution < -0.4 is 11.2 Å². The lowest BCUT2D eigenvalue weighted by molar-refractivity contribution is -0.159. The van der Waals surface area contributed by atoms with Gasteiger partial charge in [-0.3, -0.25) is 14.3 Å². The van der Waals surface area contributed by atoms with Crippen molar-refractivity contribution in [3.05, 3.63) is 55.9 Å². The average Bonchev–Trinajstić information content (AvgIpc) is 2.92. The van der Waals surface area contributed by atoms with E-state index >= 15 is 0 Å². The van der Waals surface area contributed by atoms with E-state index in [1.807, 2.05) is 32.4 Å². The molecule has 0 saturated carbocycles. The minimum atomic E-state index is -3.49. The van der Waals surface area contributed by atoms with Crippen LogP contribution in [0.4, 0.5) is 4.39 Å². The zero-order chi connectivity index (χ0) is 30.7. The summed E-state index contributed by atoms with van der Waals surface area (Å²) in [5.74, 6) is 1.18. The van der Waals surface area contributed by atoms with Crippen molar-refractivity contribution in [3.8, 4) is 0 Å². The number of H-pyrrole nitrogens is 1. The molecule has 1 aromatic rings. The summed E-state index contributed by atoms with van der Waals surface area (Å²) in [5, 5.41) is 19.1. The van der Waals surface area contributed by atoms with E-state index in [0.29, 0.717) is 0 Å². The number of halogens is 1. The third-order valence-electron chi connectivity index (χ3n) is 6.27. The lowest BCUT2D eigenvalue weighted by Crippen LogP contribution is -2.55. The number of hydrogen-bond acceptors (Lipinski definition) is 10. The first-order chi connectivity index (χ1) is 19.4. The van der Waals surface area contributed by atoms with Crippen LogP contribution >= 0.6 is 15.7 Å². The molecular formula is C25H41FN4O9P2. The number of ether oxygens (including phenoxy) is 2. The molecule has 232 valence electrons. The Hall–Kier alpha value is -1.78. The lowest BCUT2D eigenvalue weighted by Gasteiger charge is -2.45. The SMILES string of the molecule is [C-]#[N+]CCOP(O[C@@H]1C(/C=C/P(=O)(CO)CO)OC[C@@H](n2cc(C)c(=O)[nH]c2=O)[C@@H]1OCCF)N(C(C)C)C(C)C. The van der Waals surface area contributed by atoms with Gasteiger partial charge in [0.1, 0.15) is 44.3 Å². The Kier molecular flexibility index (Phi) is 14.5. The third-order valence-corrected chi connectivity index (χ3v) is 10.1. The summed E-state index contributed by atoms with van der Waals surface area (Å²) in [5.41, 5.74) is -1.01. The fraction of sp³-hybridized carbons (Fsp3) is 0.720. The summed E-state index contributed by atoms with van der Waals surface area (Å²) in [6.07, 6.45) is -1.84. The zero-order valence-electron chi connectivity index (χ0n) is 24.0. The van der Waals surface area contributed by atoms with Gasteiger partial charge in [-0.15, -0.1) is 0 Å². The molecule has 13 nitrogen and oxygen atoms in total. The van der Waals surface area contributed by atoms with Gasteiger partial charge in [0.2, 0.25) is 6.54 Å². The Balaban J connectivity index is 2.66. The van der Waals surface area contributed by atoms with Crippen molar-refractivity contribution in [3.63, 3.8) is 0 Å². The fourth-order valence-corrected chi connectivity index (χ4v) is 6.83. The number of aromatic amines is 1. The molecule has 0 aromatic carbocycles. The second kappa shape index (κ2) is 16.8. The number of aryl methyl sites for hydroxylation is 1. The molecule has 1 saturated heterocycles. The zero-order valence-corrected chi connectivity index (χ0v) is 25.8. The molecule has 0 spiro atoms. The second-order valence-electron chi connectivity index (χ2n) is 10.0. The second-order valence-corrected chi connectivity index (χ2v) is 14.2. The van der Waals surface area contributed by atoms with E-state index in [9.17, 15) is 28.8 Å². The van der Waals surface area contributed by atoms with Crippen molar-refractivity contribution >= 4 is 15.7 Å². The monoisotopic (exact) mass is 622 g/mol. The van der Waals surface area contributed by atoms with E-state index < -0.39 is 70.6 Å². The molecule has 1 aromatic heterocycles. The molecule has 2 rings (SSSR count). The molecule has 0 radical (unpaired) electrons. The van der Waals surface area contributed by atoms with Crippen LogP contribution in [0.25, 0.3) is 4.85 Å². The predicted octanol–water partition coefficient (Wildman–Crippen LogP) is 2.58. The summed E-state index contributed by atoms with van der Waals surface area (Å²) in [6.45, 7) is 15.3. The number of aliphatic hydroxyl groups excluding tert-OH is 2. The Bertz CT molecular complexity index is 1190. The van der Waals surface area contributed by atoms with Crippen molar-refractivity contribution in [1.82, 2.24) is 14.2 Å². The molecule has 41 heavy (non-hydrogen) atoms. The number of aliphatic hydroxyl groups is 2. The molecular weight excluding hydrogens is 581 g/mol. The number of rotatable bonds is 16. The van der Waals surface area contributed by atoms with Crippen molar-refractivity contribution in [2.45, 2.75) is 71.1 Å². The molecule has 2 unspecified atom stereocenters. The number of nitrogens with zero attached hydrogens (tertiary/aromatic N) is 3. The average molecular weight is 623 g/mol. The minimum absolute atomic E-state index is 0.0537. The van der Waals surface area contributed by atoms with Crippen LogP contribution in [0.2, 0.25) is 0 Å². The summed E-state index contributed by atoms with van der Waals surface area (Å²) in [6, 6.07) is -0.975. The Morgan fingerprint density at radius 1 is 1.27 bits per heavy atom. The molecule has 16 heteroatoms. The van der Waals surface area contributed by atoms with Gasteiger partial charge in [-0.1, -0.05) is 0 Å². The van der Waals surface area contributed by atoms with Crippen molar-refractivity contribution in [1.29, 1.82) is 0 Å². The van der Waals surface area contributed by atoms with Crippen LogP contribution in [0.1, 0.15) is 39.3 Å². The summed E-state index contributed by atoms with van der Waals surface area (Å²) in [7, 11) is -5.35. The Morgan fingerprint density at radius 2 is 1.93 bits per heavy atom.